The molecule has 752 valence electrons. The number of benzene rings is 8. The second-order valence-electron chi connectivity index (χ2n) is 27.9. The number of Topliss-reactive ketones (excluding diaryl/α,β-unsaturated/α-hetero) is 2. The van der Waals surface area contributed by atoms with E-state index in [0.29, 0.717) is 45.6 Å². The molecule has 0 amide bonds. The average molecular weight is 2210 g/mol. The van der Waals surface area contributed by atoms with Crippen LogP contribution in [-0.4, -0.2) is 102 Å². The van der Waals surface area contributed by atoms with Gasteiger partial charge in [0.05, 0.1) is 95.2 Å². The molecule has 0 radical (unpaired) electrons. The Balaban J connectivity index is 0. The van der Waals surface area contributed by atoms with E-state index in [-0.39, 0.29) is 79.8 Å². The minimum Gasteiger partial charge on any atom is 1.00 e. The van der Waals surface area contributed by atoms with E-state index in [1.807, 2.05) is 243 Å². The fraction of sp³-hybridized carbons (Fsp3) is 0.140. The number of aromatic nitrogens is 8. The fourth-order valence-electron chi connectivity index (χ4n) is 8.13. The average Bonchev–Trinajstić information content (AvgIpc) is 0.801. The van der Waals surface area contributed by atoms with E-state index in [1.165, 1.54) is 72.2 Å². The summed E-state index contributed by atoms with van der Waals surface area (Å²) in [5, 5.41) is 33.2. The number of rotatable bonds is 16. The maximum atomic E-state index is 9.87. The standard InChI is InChI=1S/4C20H18N4.2C3H6O.4Cu.4F6P/c4*1-15-3-7-17(8-4-15)21-13-19-11-12-20(24-23-19)14-22-18-9-5-16(2)6-10-18;2*1-3(2)4;;;;;4*1-7(2,3,4,5)6/h4*3-14H,1-2H3;2*1-2H3;;;;;;;;/q;;;;;;4*+1;4*-1. The van der Waals surface area contributed by atoms with E-state index >= 15 is 0 Å². The van der Waals surface area contributed by atoms with Gasteiger partial charge in [-0.2, -0.15) is 0 Å². The number of carbonyl (C=O) groups excluding carboxylic acids is 2. The van der Waals surface area contributed by atoms with Gasteiger partial charge in [0.1, 0.15) is 57.1 Å². The SMILES string of the molecule is CC(C)=O.CC(C)=O.Cc1ccc(N=Cc2ccc(C=Nc3ccc(C)cc3)nn2)cc1.Cc1ccc(N=Cc2ccc(C=Nc3ccc(C)cc3)nn2)cc1.Cc1ccc(N=Cc2ccc(C=Nc3ccc(C)cc3)nn2)cc1.Cc1ccc(N=Cc2ccc(C=Nc3ccc(C)cc3)nn2)cc1.F[P-](F)(F)(F)(F)F.F[P-](F)(F)(F)(F)F.F[P-](F)(F)(F)(F)F.F[P-](F)(F)(F)(F)F.[Cu+].[Cu+].[Cu+].[Cu+]. The van der Waals surface area contributed by atoms with Gasteiger partial charge >= 0.3 is 200 Å². The Hall–Kier alpha value is -11.1. The topological polar surface area (TPSA) is 236 Å². The van der Waals surface area contributed by atoms with Crippen molar-refractivity contribution in [3.05, 3.63) is 333 Å². The van der Waals surface area contributed by atoms with Crippen LogP contribution in [0.15, 0.2) is 283 Å². The van der Waals surface area contributed by atoms with Gasteiger partial charge in [-0.1, -0.05) is 142 Å². The Labute approximate surface area is 808 Å². The van der Waals surface area contributed by atoms with Crippen LogP contribution in [0.4, 0.5) is 146 Å². The molecule has 8 aromatic carbocycles. The molecule has 0 saturated heterocycles. The van der Waals surface area contributed by atoms with Gasteiger partial charge in [-0.3, -0.25) is 39.9 Å². The molecule has 4 aromatic heterocycles. The van der Waals surface area contributed by atoms with Crippen molar-refractivity contribution in [2.75, 3.05) is 0 Å². The van der Waals surface area contributed by atoms with Crippen LogP contribution in [0.5, 0.6) is 0 Å². The van der Waals surface area contributed by atoms with E-state index in [4.69, 9.17) is 0 Å². The molecule has 0 N–H and O–H groups in total. The van der Waals surface area contributed by atoms with Crippen LogP contribution in [0.1, 0.15) is 118 Å². The van der Waals surface area contributed by atoms with E-state index in [2.05, 4.69) is 136 Å². The van der Waals surface area contributed by atoms with Crippen molar-refractivity contribution in [2.45, 2.75) is 83.1 Å². The predicted molar refractivity (Wildman–Crippen MR) is 483 cm³/mol. The first-order valence-corrected chi connectivity index (χ1v) is 45.5. The summed E-state index contributed by atoms with van der Waals surface area (Å²) in [6.45, 7) is 22.5. The van der Waals surface area contributed by atoms with Gasteiger partial charge in [0.25, 0.3) is 0 Å². The first kappa shape index (κ1) is 127. The number of hydrogen-bond donors (Lipinski definition) is 0. The number of carbonyl (C=O) groups is 2. The van der Waals surface area contributed by atoms with Gasteiger partial charge < -0.3 is 9.59 Å². The molecular formula is C86H84Cu4F24N16O2P4. The number of hydrogen-bond acceptors (Lipinski definition) is 18. The van der Waals surface area contributed by atoms with Crippen molar-refractivity contribution in [3.8, 4) is 0 Å². The van der Waals surface area contributed by atoms with Crippen molar-refractivity contribution in [3.63, 3.8) is 0 Å². The van der Waals surface area contributed by atoms with Crippen LogP contribution in [0.25, 0.3) is 0 Å². The van der Waals surface area contributed by atoms with Crippen LogP contribution < -0.4 is 0 Å². The van der Waals surface area contributed by atoms with E-state index < -0.39 is 31.2 Å². The van der Waals surface area contributed by atoms with Crippen molar-refractivity contribution in [1.82, 2.24) is 40.8 Å². The summed E-state index contributed by atoms with van der Waals surface area (Å²) in [4.78, 5) is 54.0. The predicted octanol–water partition coefficient (Wildman–Crippen LogP) is 33.1. The normalized spacial score (nSPS) is 13.2. The molecule has 0 fully saturated rings. The van der Waals surface area contributed by atoms with E-state index in [0.717, 1.165) is 45.5 Å². The van der Waals surface area contributed by atoms with Crippen molar-refractivity contribution < 1.29 is 179 Å². The van der Waals surface area contributed by atoms with Gasteiger partial charge in [-0.25, -0.2) is 0 Å². The Kier molecular flexibility index (Phi) is 47.9. The van der Waals surface area contributed by atoms with Crippen LogP contribution in [0, 0.1) is 55.4 Å². The summed E-state index contributed by atoms with van der Waals surface area (Å²) in [5.74, 6) is 0.333. The van der Waals surface area contributed by atoms with Gasteiger partial charge in [0, 0.05) is 0 Å². The minimum atomic E-state index is -10.7. The molecule has 136 heavy (non-hydrogen) atoms. The smallest absolute Gasteiger partial charge is 1.00 e. The molecule has 18 nitrogen and oxygen atoms in total. The molecule has 0 aliphatic heterocycles. The van der Waals surface area contributed by atoms with Crippen LogP contribution in [-0.2, 0) is 77.9 Å². The molecule has 0 aliphatic carbocycles. The molecule has 4 heterocycles. The second kappa shape index (κ2) is 51.4. The van der Waals surface area contributed by atoms with Gasteiger partial charge in [0.2, 0.25) is 0 Å². The Morgan fingerprint density at radius 1 is 0.176 bits per heavy atom. The van der Waals surface area contributed by atoms with Gasteiger partial charge in [-0.05, 0) is 229 Å². The zero-order valence-corrected chi connectivity index (χ0v) is 80.1. The van der Waals surface area contributed by atoms with E-state index in [1.54, 1.807) is 49.7 Å². The molecule has 12 rings (SSSR count). The quantitative estimate of drug-likeness (QED) is 0.0384. The van der Waals surface area contributed by atoms with Gasteiger partial charge in [-0.15, -0.1) is 40.8 Å². The molecule has 0 saturated carbocycles. The number of aliphatic imine (C=N–C) groups is 8. The summed E-state index contributed by atoms with van der Waals surface area (Å²) in [6.07, 6.45) is 13.7. The summed E-state index contributed by atoms with van der Waals surface area (Å²) < 4.78 is 237. The molecule has 50 heteroatoms. The third-order valence-electron chi connectivity index (χ3n) is 13.9. The molecular weight excluding hydrogens is 2120 g/mol. The summed E-state index contributed by atoms with van der Waals surface area (Å²) in [6, 6.07) is 79.1. The number of ketones is 2. The number of nitrogens with zero attached hydrogens (tertiary/aromatic N) is 16. The van der Waals surface area contributed by atoms with Crippen LogP contribution in [0.2, 0.25) is 0 Å². The molecule has 0 unspecified atom stereocenters. The molecule has 12 aromatic rings. The largest absolute Gasteiger partial charge is 1.00 e. The van der Waals surface area contributed by atoms with Gasteiger partial charge in [0.15, 0.2) is 0 Å². The summed E-state index contributed by atoms with van der Waals surface area (Å²) in [7, 11) is -42.6. The summed E-state index contributed by atoms with van der Waals surface area (Å²) >= 11 is 0. The zero-order valence-electron chi connectivity index (χ0n) is 72.8. The van der Waals surface area contributed by atoms with E-state index in [9.17, 15) is 110 Å². The number of halogens is 24. The van der Waals surface area contributed by atoms with Crippen LogP contribution in [0.3, 0.4) is 0 Å². The molecule has 0 atom stereocenters. The fourth-order valence-corrected chi connectivity index (χ4v) is 8.13. The third-order valence-corrected chi connectivity index (χ3v) is 13.9. The summed E-state index contributed by atoms with van der Waals surface area (Å²) in [5.41, 5.74) is 22.6. The molecule has 0 spiro atoms. The number of aryl methyl sites for hydroxylation is 8. The van der Waals surface area contributed by atoms with Crippen molar-refractivity contribution in [1.29, 1.82) is 0 Å². The van der Waals surface area contributed by atoms with Crippen molar-refractivity contribution >= 4 is 138 Å². The molecule has 0 bridgehead atoms. The second-order valence-corrected chi connectivity index (χ2v) is 35.6. The minimum absolute atomic E-state index is 0. The molecule has 0 aliphatic rings. The Morgan fingerprint density at radius 3 is 0.301 bits per heavy atom. The third kappa shape index (κ3) is 82.4. The first-order valence-electron chi connectivity index (χ1n) is 37.4. The Morgan fingerprint density at radius 2 is 0.243 bits per heavy atom. The maximum Gasteiger partial charge on any atom is 1.00 e. The monoisotopic (exact) mass is 2200 g/mol. The first-order chi connectivity index (χ1) is 60.0. The van der Waals surface area contributed by atoms with Crippen molar-refractivity contribution in [2.24, 2.45) is 39.9 Å². The maximum absolute atomic E-state index is 10.7. The zero-order chi connectivity index (χ0) is 99.9. The Bertz CT molecular complexity index is 4880. The van der Waals surface area contributed by atoms with Crippen LogP contribution >= 0.6 is 31.2 Å².